The van der Waals surface area contributed by atoms with Crippen LogP contribution in [-0.2, 0) is 9.53 Å². The molecular weight excluding hydrogens is 262 g/mol. The van der Waals surface area contributed by atoms with E-state index in [0.717, 1.165) is 0 Å². The summed E-state index contributed by atoms with van der Waals surface area (Å²) in [5.41, 5.74) is 0. The maximum atomic E-state index is 12.1. The van der Waals surface area contributed by atoms with Gasteiger partial charge in [-0.1, -0.05) is 13.8 Å². The van der Waals surface area contributed by atoms with Gasteiger partial charge in [0.1, 0.15) is 0 Å². The van der Waals surface area contributed by atoms with Gasteiger partial charge in [0.15, 0.2) is 0 Å². The predicted molar refractivity (Wildman–Crippen MR) is 74.7 cm³/mol. The van der Waals surface area contributed by atoms with E-state index in [1.54, 1.807) is 12.0 Å². The topological polar surface area (TPSA) is 82.1 Å². The van der Waals surface area contributed by atoms with Crippen LogP contribution in [0, 0.1) is 5.92 Å². The zero-order valence-corrected chi connectivity index (χ0v) is 12.5. The second kappa shape index (κ2) is 8.06. The summed E-state index contributed by atoms with van der Waals surface area (Å²) < 4.78 is 5.11. The highest BCUT2D eigenvalue weighted by Crippen LogP contribution is 2.06. The highest BCUT2D eigenvalue weighted by Gasteiger charge is 2.24. The Balaban J connectivity index is 2.40. The minimum atomic E-state index is -0.831. The molecule has 2 N–H and O–H groups in total. The van der Waals surface area contributed by atoms with Crippen LogP contribution in [0.4, 0.5) is 4.79 Å². The van der Waals surface area contributed by atoms with Gasteiger partial charge in [-0.15, -0.1) is 0 Å². The molecule has 116 valence electrons. The number of aliphatic carboxylic acids is 1. The van der Waals surface area contributed by atoms with E-state index >= 15 is 0 Å². The Labute approximate surface area is 119 Å². The van der Waals surface area contributed by atoms with Crippen LogP contribution >= 0.6 is 0 Å². The molecule has 7 nitrogen and oxygen atoms in total. The van der Waals surface area contributed by atoms with Gasteiger partial charge in [-0.05, 0) is 5.92 Å². The molecule has 0 spiro atoms. The zero-order chi connectivity index (χ0) is 15.1. The molecule has 1 saturated heterocycles. The summed E-state index contributed by atoms with van der Waals surface area (Å²) in [4.78, 5) is 26.3. The summed E-state index contributed by atoms with van der Waals surface area (Å²) in [5.74, 6) is -0.532. The summed E-state index contributed by atoms with van der Waals surface area (Å²) in [6.07, 6.45) is 0. The van der Waals surface area contributed by atoms with E-state index in [1.165, 1.54) is 0 Å². The molecule has 0 aromatic heterocycles. The monoisotopic (exact) mass is 287 g/mol. The first-order valence-electron chi connectivity index (χ1n) is 6.92. The molecule has 0 aromatic rings. The van der Waals surface area contributed by atoms with Crippen molar-refractivity contribution in [3.63, 3.8) is 0 Å². The number of rotatable bonds is 6. The molecular formula is C13H25N3O4. The number of carbonyl (C=O) groups is 2. The molecule has 1 rings (SSSR count). The van der Waals surface area contributed by atoms with Crippen LogP contribution in [0.25, 0.3) is 0 Å². The molecule has 1 aliphatic heterocycles. The molecule has 20 heavy (non-hydrogen) atoms. The first kappa shape index (κ1) is 16.7. The van der Waals surface area contributed by atoms with Gasteiger partial charge in [0.25, 0.3) is 0 Å². The van der Waals surface area contributed by atoms with Gasteiger partial charge >= 0.3 is 12.0 Å². The lowest BCUT2D eigenvalue weighted by molar-refractivity contribution is -0.138. The first-order chi connectivity index (χ1) is 9.43. The molecule has 1 aliphatic rings. The highest BCUT2D eigenvalue weighted by atomic mass is 16.5. The number of ether oxygens (including phenoxy) is 1. The van der Waals surface area contributed by atoms with Crippen molar-refractivity contribution in [1.82, 2.24) is 15.1 Å². The van der Waals surface area contributed by atoms with E-state index in [-0.39, 0.29) is 18.6 Å². The van der Waals surface area contributed by atoms with Crippen molar-refractivity contribution >= 4 is 12.0 Å². The normalized spacial score (nSPS) is 18.1. The number of methoxy groups -OCH3 is 1. The molecule has 1 unspecified atom stereocenters. The fourth-order valence-electron chi connectivity index (χ4n) is 2.13. The third kappa shape index (κ3) is 5.34. The van der Waals surface area contributed by atoms with Crippen molar-refractivity contribution in [2.75, 3.05) is 46.4 Å². The number of nitrogens with zero attached hydrogens (tertiary/aromatic N) is 2. The summed E-state index contributed by atoms with van der Waals surface area (Å²) in [6, 6.07) is -0.111. The molecule has 0 aliphatic carbocycles. The van der Waals surface area contributed by atoms with Crippen LogP contribution in [-0.4, -0.2) is 79.4 Å². The Kier molecular flexibility index (Phi) is 6.74. The standard InChI is InChI=1S/C13H25N3O4/c1-10(2)11(9-20-3)14-13(19)16-6-4-15(5-7-16)8-12(17)18/h10-11H,4-9H2,1-3H3,(H,14,19)(H,17,18). The number of nitrogens with one attached hydrogen (secondary N) is 1. The zero-order valence-electron chi connectivity index (χ0n) is 12.5. The Morgan fingerprint density at radius 3 is 2.30 bits per heavy atom. The third-order valence-corrected chi connectivity index (χ3v) is 3.48. The Hall–Kier alpha value is -1.34. The molecule has 2 amide bonds. The number of amides is 2. The fourth-order valence-corrected chi connectivity index (χ4v) is 2.13. The quantitative estimate of drug-likeness (QED) is 0.722. The smallest absolute Gasteiger partial charge is 0.317 e. The Morgan fingerprint density at radius 2 is 1.85 bits per heavy atom. The third-order valence-electron chi connectivity index (χ3n) is 3.48. The maximum Gasteiger partial charge on any atom is 0.317 e. The minimum Gasteiger partial charge on any atom is -0.480 e. The van der Waals surface area contributed by atoms with Crippen molar-refractivity contribution in [3.8, 4) is 0 Å². The molecule has 0 aromatic carbocycles. The lowest BCUT2D eigenvalue weighted by atomic mass is 10.1. The van der Waals surface area contributed by atoms with Crippen molar-refractivity contribution in [2.24, 2.45) is 5.92 Å². The molecule has 1 atom stereocenters. The van der Waals surface area contributed by atoms with E-state index < -0.39 is 5.97 Å². The molecule has 0 bridgehead atoms. The number of urea groups is 1. The van der Waals surface area contributed by atoms with Crippen LogP contribution in [0.1, 0.15) is 13.8 Å². The lowest BCUT2D eigenvalue weighted by Crippen LogP contribution is -2.55. The van der Waals surface area contributed by atoms with Crippen LogP contribution in [0.5, 0.6) is 0 Å². The van der Waals surface area contributed by atoms with E-state index in [4.69, 9.17) is 9.84 Å². The summed E-state index contributed by atoms with van der Waals surface area (Å²) >= 11 is 0. The van der Waals surface area contributed by atoms with E-state index in [9.17, 15) is 9.59 Å². The molecule has 0 saturated carbocycles. The Morgan fingerprint density at radius 1 is 1.25 bits per heavy atom. The van der Waals surface area contributed by atoms with Crippen molar-refractivity contribution in [2.45, 2.75) is 19.9 Å². The Bertz CT molecular complexity index is 328. The molecule has 1 fully saturated rings. The number of hydrogen-bond donors (Lipinski definition) is 2. The van der Waals surface area contributed by atoms with E-state index in [2.05, 4.69) is 5.32 Å². The van der Waals surface area contributed by atoms with Crippen LogP contribution in [0.3, 0.4) is 0 Å². The van der Waals surface area contributed by atoms with Gasteiger partial charge in [-0.3, -0.25) is 9.69 Å². The number of hydrogen-bond acceptors (Lipinski definition) is 4. The summed E-state index contributed by atoms with van der Waals surface area (Å²) in [6.45, 7) is 6.89. The SMILES string of the molecule is COCC(NC(=O)N1CCN(CC(=O)O)CC1)C(C)C. The van der Waals surface area contributed by atoms with Gasteiger partial charge in [0, 0.05) is 33.3 Å². The fraction of sp³-hybridized carbons (Fsp3) is 0.846. The van der Waals surface area contributed by atoms with Crippen molar-refractivity contribution in [1.29, 1.82) is 0 Å². The summed E-state index contributed by atoms with van der Waals surface area (Å²) in [7, 11) is 1.62. The number of carboxylic acid groups (broad SMARTS) is 1. The van der Waals surface area contributed by atoms with Crippen LogP contribution < -0.4 is 5.32 Å². The van der Waals surface area contributed by atoms with Crippen molar-refractivity contribution in [3.05, 3.63) is 0 Å². The second-order valence-electron chi connectivity index (χ2n) is 5.41. The molecule has 7 heteroatoms. The van der Waals surface area contributed by atoms with Gasteiger partial charge < -0.3 is 20.1 Å². The van der Waals surface area contributed by atoms with Gasteiger partial charge in [-0.25, -0.2) is 4.79 Å². The average Bonchev–Trinajstić information content (AvgIpc) is 2.38. The number of carboxylic acids is 1. The van der Waals surface area contributed by atoms with Gasteiger partial charge in [0.2, 0.25) is 0 Å². The van der Waals surface area contributed by atoms with Crippen LogP contribution in [0.15, 0.2) is 0 Å². The van der Waals surface area contributed by atoms with Gasteiger partial charge in [-0.2, -0.15) is 0 Å². The van der Waals surface area contributed by atoms with E-state index in [0.29, 0.717) is 38.7 Å². The van der Waals surface area contributed by atoms with Gasteiger partial charge in [0.05, 0.1) is 19.2 Å². The predicted octanol–water partition coefficient (Wildman–Crippen LogP) is 0.0692. The minimum absolute atomic E-state index is 0.00968. The molecule has 1 heterocycles. The second-order valence-corrected chi connectivity index (χ2v) is 5.41. The maximum absolute atomic E-state index is 12.1. The lowest BCUT2D eigenvalue weighted by Gasteiger charge is -2.35. The number of carbonyl (C=O) groups excluding carboxylic acids is 1. The average molecular weight is 287 g/mol. The number of piperazine rings is 1. The van der Waals surface area contributed by atoms with E-state index in [1.807, 2.05) is 18.7 Å². The summed E-state index contributed by atoms with van der Waals surface area (Å²) in [5, 5.41) is 11.7. The van der Waals surface area contributed by atoms with Crippen molar-refractivity contribution < 1.29 is 19.4 Å². The highest BCUT2D eigenvalue weighted by molar-refractivity contribution is 5.74. The largest absolute Gasteiger partial charge is 0.480 e. The molecule has 0 radical (unpaired) electrons. The van der Waals surface area contributed by atoms with Crippen LogP contribution in [0.2, 0.25) is 0 Å². The first-order valence-corrected chi connectivity index (χ1v) is 6.92.